The summed E-state index contributed by atoms with van der Waals surface area (Å²) in [6.45, 7) is 1.59. The predicted molar refractivity (Wildman–Crippen MR) is 70.4 cm³/mol. The SMILES string of the molecule is OCCNCc1ccc(Br)c2ccccc12. The summed E-state index contributed by atoms with van der Waals surface area (Å²) >= 11 is 3.55. The molecule has 0 amide bonds. The second kappa shape index (κ2) is 5.43. The molecular weight excluding hydrogens is 266 g/mol. The van der Waals surface area contributed by atoms with Crippen LogP contribution in [0.3, 0.4) is 0 Å². The number of hydrogen-bond acceptors (Lipinski definition) is 2. The third kappa shape index (κ3) is 2.43. The van der Waals surface area contributed by atoms with Crippen molar-refractivity contribution in [2.45, 2.75) is 6.54 Å². The van der Waals surface area contributed by atoms with Gasteiger partial charge in [-0.25, -0.2) is 0 Å². The molecule has 2 N–H and O–H groups in total. The minimum Gasteiger partial charge on any atom is -0.395 e. The molecule has 0 aliphatic rings. The average Bonchev–Trinajstić information content (AvgIpc) is 2.33. The Morgan fingerprint density at radius 3 is 2.56 bits per heavy atom. The van der Waals surface area contributed by atoms with Crippen LogP contribution in [0, 0.1) is 0 Å². The number of halogens is 1. The maximum Gasteiger partial charge on any atom is 0.0556 e. The second-order valence-corrected chi connectivity index (χ2v) is 4.51. The fourth-order valence-corrected chi connectivity index (χ4v) is 2.26. The van der Waals surface area contributed by atoms with E-state index in [0.29, 0.717) is 6.54 Å². The molecule has 0 aromatic heterocycles. The summed E-state index contributed by atoms with van der Waals surface area (Å²) in [6.07, 6.45) is 0. The molecule has 0 radical (unpaired) electrons. The lowest BCUT2D eigenvalue weighted by Crippen LogP contribution is -2.17. The zero-order valence-electron chi connectivity index (χ0n) is 8.91. The van der Waals surface area contributed by atoms with Crippen molar-refractivity contribution in [3.8, 4) is 0 Å². The van der Waals surface area contributed by atoms with Crippen molar-refractivity contribution in [2.24, 2.45) is 0 Å². The van der Waals surface area contributed by atoms with Gasteiger partial charge in [0.1, 0.15) is 0 Å². The minimum atomic E-state index is 0.175. The molecule has 0 spiro atoms. The number of benzene rings is 2. The highest BCUT2D eigenvalue weighted by atomic mass is 79.9. The van der Waals surface area contributed by atoms with E-state index in [2.05, 4.69) is 45.5 Å². The van der Waals surface area contributed by atoms with Crippen LogP contribution in [0.15, 0.2) is 40.9 Å². The summed E-state index contributed by atoms with van der Waals surface area (Å²) in [4.78, 5) is 0. The summed E-state index contributed by atoms with van der Waals surface area (Å²) in [5.74, 6) is 0. The molecule has 0 heterocycles. The van der Waals surface area contributed by atoms with E-state index in [4.69, 9.17) is 5.11 Å². The van der Waals surface area contributed by atoms with E-state index in [0.717, 1.165) is 11.0 Å². The molecule has 2 aromatic rings. The van der Waals surface area contributed by atoms with E-state index in [-0.39, 0.29) is 6.61 Å². The quantitative estimate of drug-likeness (QED) is 0.844. The van der Waals surface area contributed by atoms with Gasteiger partial charge in [-0.2, -0.15) is 0 Å². The molecule has 0 bridgehead atoms. The lowest BCUT2D eigenvalue weighted by molar-refractivity contribution is 0.292. The van der Waals surface area contributed by atoms with E-state index >= 15 is 0 Å². The van der Waals surface area contributed by atoms with Gasteiger partial charge in [0, 0.05) is 17.6 Å². The smallest absolute Gasteiger partial charge is 0.0556 e. The van der Waals surface area contributed by atoms with Crippen molar-refractivity contribution in [3.05, 3.63) is 46.4 Å². The standard InChI is InChI=1S/C13H14BrNO/c14-13-6-5-10(9-15-7-8-16)11-3-1-2-4-12(11)13/h1-6,15-16H,7-9H2. The highest BCUT2D eigenvalue weighted by Gasteiger charge is 2.02. The van der Waals surface area contributed by atoms with Gasteiger partial charge in [-0.15, -0.1) is 0 Å². The molecular formula is C13H14BrNO. The van der Waals surface area contributed by atoms with Gasteiger partial charge in [-0.1, -0.05) is 46.3 Å². The molecule has 3 heteroatoms. The molecule has 0 saturated carbocycles. The zero-order chi connectivity index (χ0) is 11.4. The molecule has 16 heavy (non-hydrogen) atoms. The van der Waals surface area contributed by atoms with Crippen LogP contribution in [0.1, 0.15) is 5.56 Å². The molecule has 2 nitrogen and oxygen atoms in total. The van der Waals surface area contributed by atoms with Crippen LogP contribution in [0.4, 0.5) is 0 Å². The number of aliphatic hydroxyl groups excluding tert-OH is 1. The van der Waals surface area contributed by atoms with Crippen molar-refractivity contribution in [3.63, 3.8) is 0 Å². The Labute approximate surface area is 103 Å². The molecule has 0 atom stereocenters. The average molecular weight is 280 g/mol. The third-order valence-electron chi connectivity index (χ3n) is 2.57. The molecule has 0 fully saturated rings. The first-order valence-corrected chi connectivity index (χ1v) is 6.10. The van der Waals surface area contributed by atoms with Crippen LogP contribution in [0.25, 0.3) is 10.8 Å². The number of rotatable bonds is 4. The van der Waals surface area contributed by atoms with Gasteiger partial charge in [0.15, 0.2) is 0 Å². The van der Waals surface area contributed by atoms with Crippen LogP contribution in [0.5, 0.6) is 0 Å². The van der Waals surface area contributed by atoms with Gasteiger partial charge in [-0.05, 0) is 22.4 Å². The summed E-state index contributed by atoms with van der Waals surface area (Å²) < 4.78 is 1.12. The molecule has 0 aliphatic carbocycles. The summed E-state index contributed by atoms with van der Waals surface area (Å²) in [5, 5.41) is 14.4. The highest BCUT2D eigenvalue weighted by Crippen LogP contribution is 2.26. The third-order valence-corrected chi connectivity index (χ3v) is 3.26. The van der Waals surface area contributed by atoms with Crippen LogP contribution < -0.4 is 5.32 Å². The van der Waals surface area contributed by atoms with E-state index in [1.165, 1.54) is 16.3 Å². The minimum absolute atomic E-state index is 0.175. The van der Waals surface area contributed by atoms with Crippen molar-refractivity contribution in [1.29, 1.82) is 0 Å². The molecule has 0 unspecified atom stereocenters. The van der Waals surface area contributed by atoms with Crippen LogP contribution in [-0.4, -0.2) is 18.3 Å². The molecule has 2 rings (SSSR count). The zero-order valence-corrected chi connectivity index (χ0v) is 10.5. The first kappa shape index (κ1) is 11.6. The van der Waals surface area contributed by atoms with Crippen LogP contribution >= 0.6 is 15.9 Å². The van der Waals surface area contributed by atoms with Gasteiger partial charge in [-0.3, -0.25) is 0 Å². The van der Waals surface area contributed by atoms with Gasteiger partial charge >= 0.3 is 0 Å². The molecule has 0 saturated heterocycles. The molecule has 2 aromatic carbocycles. The highest BCUT2D eigenvalue weighted by molar-refractivity contribution is 9.10. The van der Waals surface area contributed by atoms with Gasteiger partial charge in [0.2, 0.25) is 0 Å². The van der Waals surface area contributed by atoms with Crippen molar-refractivity contribution in [2.75, 3.05) is 13.2 Å². The fraction of sp³-hybridized carbons (Fsp3) is 0.231. The lowest BCUT2D eigenvalue weighted by Gasteiger charge is -2.08. The number of nitrogens with one attached hydrogen (secondary N) is 1. The Morgan fingerprint density at radius 1 is 1.06 bits per heavy atom. The van der Waals surface area contributed by atoms with E-state index in [1.54, 1.807) is 0 Å². The van der Waals surface area contributed by atoms with Gasteiger partial charge in [0.05, 0.1) is 6.61 Å². The first-order valence-electron chi connectivity index (χ1n) is 5.30. The largest absolute Gasteiger partial charge is 0.395 e. The van der Waals surface area contributed by atoms with Crippen LogP contribution in [0.2, 0.25) is 0 Å². The summed E-state index contributed by atoms with van der Waals surface area (Å²) in [5.41, 5.74) is 1.26. The monoisotopic (exact) mass is 279 g/mol. The topological polar surface area (TPSA) is 32.3 Å². The first-order chi connectivity index (χ1) is 7.83. The Kier molecular flexibility index (Phi) is 3.93. The maximum atomic E-state index is 8.73. The van der Waals surface area contributed by atoms with Crippen molar-refractivity contribution < 1.29 is 5.11 Å². The summed E-state index contributed by atoms with van der Waals surface area (Å²) in [6, 6.07) is 12.5. The van der Waals surface area contributed by atoms with E-state index in [9.17, 15) is 0 Å². The Morgan fingerprint density at radius 2 is 1.81 bits per heavy atom. The van der Waals surface area contributed by atoms with Crippen molar-refractivity contribution >= 4 is 26.7 Å². The predicted octanol–water partition coefficient (Wildman–Crippen LogP) is 2.68. The Hall–Kier alpha value is -0.900. The lowest BCUT2D eigenvalue weighted by atomic mass is 10.0. The number of fused-ring (bicyclic) bond motifs is 1. The van der Waals surface area contributed by atoms with Gasteiger partial charge < -0.3 is 10.4 Å². The number of aliphatic hydroxyl groups is 1. The Bertz CT molecular complexity index is 484. The van der Waals surface area contributed by atoms with Crippen LogP contribution in [-0.2, 0) is 6.54 Å². The van der Waals surface area contributed by atoms with E-state index in [1.807, 2.05) is 12.1 Å². The Balaban J connectivity index is 2.35. The summed E-state index contributed by atoms with van der Waals surface area (Å²) in [7, 11) is 0. The molecule has 84 valence electrons. The van der Waals surface area contributed by atoms with Crippen molar-refractivity contribution in [1.82, 2.24) is 5.32 Å². The number of hydrogen-bond donors (Lipinski definition) is 2. The second-order valence-electron chi connectivity index (χ2n) is 3.65. The van der Waals surface area contributed by atoms with E-state index < -0.39 is 0 Å². The fourth-order valence-electron chi connectivity index (χ4n) is 1.78. The van der Waals surface area contributed by atoms with Gasteiger partial charge in [0.25, 0.3) is 0 Å². The molecule has 0 aliphatic heterocycles. The normalized spacial score (nSPS) is 10.9. The maximum absolute atomic E-state index is 8.73.